The molecule has 0 N–H and O–H groups in total. The average molecular weight is 968 g/mol. The van der Waals surface area contributed by atoms with Gasteiger partial charge in [0.2, 0.25) is 0 Å². The van der Waals surface area contributed by atoms with Crippen molar-refractivity contribution in [2.75, 3.05) is 4.90 Å². The van der Waals surface area contributed by atoms with Crippen molar-refractivity contribution in [2.45, 2.75) is 86.4 Å². The second-order valence-electron chi connectivity index (χ2n) is 20.3. The number of thiophene rings is 1. The van der Waals surface area contributed by atoms with Gasteiger partial charge in [-0.25, -0.2) is 0 Å². The summed E-state index contributed by atoms with van der Waals surface area (Å²) in [6, 6.07) is 57.9. The Morgan fingerprint density at radius 1 is 0.620 bits per heavy atom. The third-order valence-corrected chi connectivity index (χ3v) is 19.3. The maximum absolute atomic E-state index is 14.2. The Kier molecular flexibility index (Phi) is 10.1. The molecule has 0 saturated heterocycles. The Labute approximate surface area is 422 Å². The summed E-state index contributed by atoms with van der Waals surface area (Å²) >= 11 is 3.81. The molecule has 1 nitrogen and oxygen atoms in total. The predicted octanol–water partition coefficient (Wildman–Crippen LogP) is 18.7. The van der Waals surface area contributed by atoms with E-state index in [2.05, 4.69) is 197 Å². The maximum atomic E-state index is 14.2. The van der Waals surface area contributed by atoms with Gasteiger partial charge >= 0.3 is 6.18 Å². The molecule has 2 unspecified atom stereocenters. The van der Waals surface area contributed by atoms with Gasteiger partial charge in [-0.3, -0.25) is 0 Å². The molecule has 350 valence electrons. The van der Waals surface area contributed by atoms with E-state index >= 15 is 0 Å². The molecule has 3 atom stereocenters. The third-order valence-electron chi connectivity index (χ3n) is 16.4. The summed E-state index contributed by atoms with van der Waals surface area (Å²) in [5, 5.41) is 2.90. The number of thioether (sulfide) groups is 1. The lowest BCUT2D eigenvalue weighted by molar-refractivity contribution is -0.137. The highest BCUT2D eigenvalue weighted by molar-refractivity contribution is 8.00. The van der Waals surface area contributed by atoms with Crippen LogP contribution in [0.2, 0.25) is 0 Å². The molecule has 0 amide bonds. The van der Waals surface area contributed by atoms with Crippen molar-refractivity contribution in [3.05, 3.63) is 249 Å². The van der Waals surface area contributed by atoms with E-state index in [-0.39, 0.29) is 22.5 Å². The van der Waals surface area contributed by atoms with Crippen LogP contribution < -0.4 is 4.90 Å². The van der Waals surface area contributed by atoms with Gasteiger partial charge < -0.3 is 4.90 Å². The quantitative estimate of drug-likeness (QED) is 0.157. The molecule has 0 radical (unpaired) electrons. The summed E-state index contributed by atoms with van der Waals surface area (Å²) < 4.78 is 45.4. The zero-order chi connectivity index (χ0) is 48.6. The smallest absolute Gasteiger partial charge is 0.309 e. The molecule has 8 aromatic carbocycles. The summed E-state index contributed by atoms with van der Waals surface area (Å²) in [5.41, 5.74) is 17.6. The fraction of sp³-hybridized carbons (Fsp3) is 0.200. The molecule has 0 fully saturated rings. The number of alkyl halides is 3. The van der Waals surface area contributed by atoms with Crippen LogP contribution in [-0.2, 0) is 23.4 Å². The lowest BCUT2D eigenvalue weighted by atomic mass is 9.55. The first-order chi connectivity index (χ1) is 34.4. The molecule has 4 aliphatic rings. The number of nitrogens with zero attached hydrogens (tertiary/aromatic N) is 1. The topological polar surface area (TPSA) is 3.24 Å². The van der Waals surface area contributed by atoms with Crippen LogP contribution in [0, 0.1) is 0 Å². The molecule has 71 heavy (non-hydrogen) atoms. The zero-order valence-corrected chi connectivity index (χ0v) is 42.0. The van der Waals surface area contributed by atoms with Crippen molar-refractivity contribution in [1.29, 1.82) is 0 Å². The van der Waals surface area contributed by atoms with E-state index in [1.165, 1.54) is 104 Å². The summed E-state index contributed by atoms with van der Waals surface area (Å²) in [6.07, 6.45) is 4.24. The number of fused-ring (bicyclic) bond motifs is 15. The van der Waals surface area contributed by atoms with Crippen LogP contribution in [0.4, 0.5) is 30.2 Å². The number of hydrogen-bond donors (Lipinski definition) is 0. The fourth-order valence-electron chi connectivity index (χ4n) is 13.0. The van der Waals surface area contributed by atoms with E-state index in [4.69, 9.17) is 0 Å². The van der Waals surface area contributed by atoms with Crippen molar-refractivity contribution in [3.63, 3.8) is 0 Å². The van der Waals surface area contributed by atoms with Crippen LogP contribution in [-0.4, -0.2) is 5.25 Å². The maximum Gasteiger partial charge on any atom is 0.416 e. The number of aryl methyl sites for hydroxylation is 1. The van der Waals surface area contributed by atoms with Gasteiger partial charge in [-0.2, -0.15) is 13.2 Å². The van der Waals surface area contributed by atoms with Gasteiger partial charge in [0.25, 0.3) is 0 Å². The first kappa shape index (κ1) is 44.3. The molecule has 13 rings (SSSR count). The Hall–Kier alpha value is -6.60. The van der Waals surface area contributed by atoms with Gasteiger partial charge in [0.05, 0.1) is 16.7 Å². The number of halogens is 3. The molecule has 2 heterocycles. The standard InChI is InChI=1S/C65H52F3NS2/c1-6-39-16-12-19-46-48-21-14-18-45(61(48)70-59(39)46)38(3)41-28-34-52-50(36-41)51-37-44(33-35-53(51)64(52)56-25-10-8-23-54(56)63(4,5)55-24-9-11-26-57(55)64)69(43-31-29-42(30-32-43)65(66,67)68)58-27-15-22-49-47-20-13-17-40(7-2)60(47)71-62(49)58/h8-38,47,60H,6-7H2,1-5H3/t38-,47?,60?/m1/s1. The summed E-state index contributed by atoms with van der Waals surface area (Å²) in [5.74, 6) is 0.307. The number of benzene rings is 8. The Morgan fingerprint density at radius 2 is 1.25 bits per heavy atom. The third kappa shape index (κ3) is 6.39. The minimum Gasteiger partial charge on any atom is -0.309 e. The van der Waals surface area contributed by atoms with Gasteiger partial charge in [-0.05, 0) is 122 Å². The van der Waals surface area contributed by atoms with Gasteiger partial charge in [-0.1, -0.05) is 180 Å². The highest BCUT2D eigenvalue weighted by atomic mass is 32.2. The molecule has 1 aliphatic heterocycles. The molecule has 9 aromatic rings. The van der Waals surface area contributed by atoms with Crippen LogP contribution in [0.3, 0.4) is 0 Å². The lowest BCUT2D eigenvalue weighted by Crippen LogP contribution is -2.40. The zero-order valence-electron chi connectivity index (χ0n) is 40.4. The van der Waals surface area contributed by atoms with Crippen molar-refractivity contribution >= 4 is 60.3 Å². The Bertz CT molecular complexity index is 3670. The first-order valence-electron chi connectivity index (χ1n) is 25.0. The van der Waals surface area contributed by atoms with Gasteiger partial charge in [0, 0.05) is 58.9 Å². The number of allylic oxidation sites excluding steroid dienone is 3. The molecular weight excluding hydrogens is 916 g/mol. The number of rotatable bonds is 7. The SMILES string of the molecule is CCC1=CC=CC2c3cccc(N(c4ccc(C(F)(F)F)cc4)c4ccc5c(c4)-c4cc([C@@H](C)c6cccc7c6sc6c(CC)cccc67)ccc4C54c5ccccc5C(C)(C)c5ccccc54)c3SC12. The van der Waals surface area contributed by atoms with Crippen molar-refractivity contribution < 1.29 is 13.2 Å². The van der Waals surface area contributed by atoms with E-state index in [9.17, 15) is 13.2 Å². The number of anilines is 3. The van der Waals surface area contributed by atoms with Gasteiger partial charge in [0.15, 0.2) is 0 Å². The van der Waals surface area contributed by atoms with Crippen molar-refractivity contribution in [2.24, 2.45) is 0 Å². The van der Waals surface area contributed by atoms with Crippen LogP contribution in [0.15, 0.2) is 192 Å². The monoisotopic (exact) mass is 967 g/mol. The van der Waals surface area contributed by atoms with Crippen LogP contribution in [0.5, 0.6) is 0 Å². The fourth-order valence-corrected chi connectivity index (χ4v) is 16.1. The Morgan fingerprint density at radius 3 is 1.94 bits per heavy atom. The first-order valence-corrected chi connectivity index (χ1v) is 26.7. The average Bonchev–Trinajstić information content (AvgIpc) is 4.08. The predicted molar refractivity (Wildman–Crippen MR) is 292 cm³/mol. The minimum absolute atomic E-state index is 0.0856. The molecule has 1 spiro atoms. The second kappa shape index (κ2) is 16.2. The highest BCUT2D eigenvalue weighted by Gasteiger charge is 2.53. The van der Waals surface area contributed by atoms with E-state index < -0.39 is 17.2 Å². The van der Waals surface area contributed by atoms with Crippen molar-refractivity contribution in [1.82, 2.24) is 0 Å². The summed E-state index contributed by atoms with van der Waals surface area (Å²) in [4.78, 5) is 3.37. The van der Waals surface area contributed by atoms with Gasteiger partial charge in [0.1, 0.15) is 0 Å². The summed E-state index contributed by atoms with van der Waals surface area (Å²) in [6.45, 7) is 11.5. The molecule has 0 saturated carbocycles. The molecule has 6 heteroatoms. The molecule has 0 bridgehead atoms. The van der Waals surface area contributed by atoms with E-state index in [0.717, 1.165) is 29.8 Å². The second-order valence-corrected chi connectivity index (χ2v) is 22.5. The molecule has 3 aliphatic carbocycles. The largest absolute Gasteiger partial charge is 0.416 e. The van der Waals surface area contributed by atoms with E-state index in [1.54, 1.807) is 12.1 Å². The van der Waals surface area contributed by atoms with Crippen LogP contribution in [0.25, 0.3) is 31.3 Å². The Balaban J connectivity index is 1.06. The lowest BCUT2D eigenvalue weighted by Gasteiger charge is -2.46. The van der Waals surface area contributed by atoms with Crippen LogP contribution in [0.1, 0.15) is 114 Å². The normalized spacial score (nSPS) is 18.1. The van der Waals surface area contributed by atoms with Crippen LogP contribution >= 0.6 is 23.1 Å². The van der Waals surface area contributed by atoms with Gasteiger partial charge in [-0.15, -0.1) is 23.1 Å². The van der Waals surface area contributed by atoms with Crippen molar-refractivity contribution in [3.8, 4) is 11.1 Å². The highest BCUT2D eigenvalue weighted by Crippen LogP contribution is 2.64. The summed E-state index contributed by atoms with van der Waals surface area (Å²) in [7, 11) is 0. The van der Waals surface area contributed by atoms with E-state index in [0.29, 0.717) is 5.69 Å². The minimum atomic E-state index is -4.46. The molecule has 1 aromatic heterocycles. The van der Waals surface area contributed by atoms with E-state index in [1.807, 2.05) is 23.1 Å². The molecular formula is C65H52F3NS2. The number of hydrogen-bond acceptors (Lipinski definition) is 3.